The minimum Gasteiger partial charge on any atom is -0.376 e. The van der Waals surface area contributed by atoms with Crippen LogP contribution in [0.15, 0.2) is 54.6 Å². The van der Waals surface area contributed by atoms with E-state index < -0.39 is 9.84 Å². The van der Waals surface area contributed by atoms with Gasteiger partial charge in [-0.1, -0.05) is 50.2 Å². The zero-order chi connectivity index (χ0) is 19.4. The molecule has 0 saturated carbocycles. The molecule has 0 aromatic heterocycles. The minimum atomic E-state index is -3.08. The summed E-state index contributed by atoms with van der Waals surface area (Å²) in [6, 6.07) is 16.9. The number of rotatable bonds is 6. The van der Waals surface area contributed by atoms with Gasteiger partial charge in [0.25, 0.3) is 0 Å². The van der Waals surface area contributed by atoms with E-state index in [9.17, 15) is 13.2 Å². The van der Waals surface area contributed by atoms with Gasteiger partial charge >= 0.3 is 0 Å². The van der Waals surface area contributed by atoms with E-state index in [1.807, 2.05) is 48.5 Å². The number of amides is 1. The van der Waals surface area contributed by atoms with Gasteiger partial charge in [-0.15, -0.1) is 0 Å². The van der Waals surface area contributed by atoms with Crippen molar-refractivity contribution in [1.82, 2.24) is 0 Å². The molecule has 1 saturated heterocycles. The third-order valence-corrected chi connectivity index (χ3v) is 6.64. The highest BCUT2D eigenvalue weighted by molar-refractivity contribution is 7.91. The molecule has 0 radical (unpaired) electrons. The van der Waals surface area contributed by atoms with Crippen LogP contribution in [0.25, 0.3) is 0 Å². The summed E-state index contributed by atoms with van der Waals surface area (Å²) in [5, 5.41) is 3.25. The fourth-order valence-corrected chi connectivity index (χ4v) is 5.24. The van der Waals surface area contributed by atoms with E-state index in [0.717, 1.165) is 16.9 Å². The summed E-state index contributed by atoms with van der Waals surface area (Å²) in [6.45, 7) is 4.35. The molecule has 6 heteroatoms. The van der Waals surface area contributed by atoms with Crippen molar-refractivity contribution in [3.63, 3.8) is 0 Å². The third kappa shape index (κ3) is 4.69. The lowest BCUT2D eigenvalue weighted by Crippen LogP contribution is -2.44. The van der Waals surface area contributed by atoms with E-state index in [1.165, 1.54) is 0 Å². The van der Waals surface area contributed by atoms with Crippen LogP contribution in [-0.2, 0) is 14.6 Å². The van der Waals surface area contributed by atoms with E-state index in [4.69, 9.17) is 0 Å². The Morgan fingerprint density at radius 1 is 1.11 bits per heavy atom. The topological polar surface area (TPSA) is 66.5 Å². The molecule has 0 bridgehead atoms. The van der Waals surface area contributed by atoms with Crippen LogP contribution in [0.1, 0.15) is 31.7 Å². The summed E-state index contributed by atoms with van der Waals surface area (Å²) in [4.78, 5) is 14.7. The molecular formula is C21H26N2O3S. The van der Waals surface area contributed by atoms with Crippen LogP contribution in [0.4, 0.5) is 11.4 Å². The van der Waals surface area contributed by atoms with Crippen molar-refractivity contribution in [2.75, 3.05) is 28.3 Å². The van der Waals surface area contributed by atoms with Gasteiger partial charge in [-0.3, -0.25) is 4.79 Å². The maximum Gasteiger partial charge on any atom is 0.246 e. The van der Waals surface area contributed by atoms with E-state index in [1.54, 1.807) is 4.90 Å². The Morgan fingerprint density at radius 3 is 2.41 bits per heavy atom. The second-order valence-corrected chi connectivity index (χ2v) is 9.48. The van der Waals surface area contributed by atoms with Gasteiger partial charge < -0.3 is 10.2 Å². The number of nitrogens with zero attached hydrogens (tertiary/aromatic N) is 1. The summed E-state index contributed by atoms with van der Waals surface area (Å²) in [7, 11) is -3.08. The molecule has 1 N–H and O–H groups in total. The predicted molar refractivity (Wildman–Crippen MR) is 110 cm³/mol. The average Bonchev–Trinajstić information content (AvgIpc) is 3.00. The number of para-hydroxylation sites is 2. The van der Waals surface area contributed by atoms with E-state index >= 15 is 0 Å². The first-order valence-corrected chi connectivity index (χ1v) is 11.1. The van der Waals surface area contributed by atoms with Crippen LogP contribution in [0.2, 0.25) is 0 Å². The minimum absolute atomic E-state index is 0.0240. The fourth-order valence-electron chi connectivity index (χ4n) is 3.54. The largest absolute Gasteiger partial charge is 0.376 e. The molecule has 1 amide bonds. The molecular weight excluding hydrogens is 360 g/mol. The van der Waals surface area contributed by atoms with E-state index in [-0.39, 0.29) is 30.0 Å². The first kappa shape index (κ1) is 19.4. The quantitative estimate of drug-likeness (QED) is 0.826. The lowest BCUT2D eigenvalue weighted by Gasteiger charge is -2.29. The fraction of sp³-hybridized carbons (Fsp3) is 0.381. The maximum atomic E-state index is 13.1. The Labute approximate surface area is 161 Å². The number of carbonyl (C=O) groups excluding carboxylic acids is 1. The molecule has 1 atom stereocenters. The van der Waals surface area contributed by atoms with Gasteiger partial charge in [0.2, 0.25) is 5.91 Å². The second-order valence-electron chi connectivity index (χ2n) is 7.25. The van der Waals surface area contributed by atoms with Crippen molar-refractivity contribution in [3.8, 4) is 0 Å². The van der Waals surface area contributed by atoms with E-state index in [2.05, 4.69) is 25.2 Å². The molecule has 0 spiro atoms. The van der Waals surface area contributed by atoms with Gasteiger partial charge in [0.1, 0.15) is 0 Å². The van der Waals surface area contributed by atoms with Crippen LogP contribution in [0, 0.1) is 0 Å². The van der Waals surface area contributed by atoms with Gasteiger partial charge in [0.15, 0.2) is 9.84 Å². The van der Waals surface area contributed by atoms with Gasteiger partial charge in [0.05, 0.1) is 24.1 Å². The number of hydrogen-bond donors (Lipinski definition) is 1. The summed E-state index contributed by atoms with van der Waals surface area (Å²) in [5.74, 6) is 0.379. The second kappa shape index (κ2) is 8.13. The summed E-state index contributed by atoms with van der Waals surface area (Å²) in [6.07, 6.45) is 0.478. The molecule has 2 aromatic carbocycles. The SMILES string of the molecule is CC(C)c1ccccc1NCC(=O)N(c1ccccc1)[C@@H]1CCS(=O)(=O)C1. The number of nitrogens with one attached hydrogen (secondary N) is 1. The zero-order valence-corrected chi connectivity index (χ0v) is 16.6. The highest BCUT2D eigenvalue weighted by Gasteiger charge is 2.35. The summed E-state index contributed by atoms with van der Waals surface area (Å²) < 4.78 is 23.9. The summed E-state index contributed by atoms with van der Waals surface area (Å²) in [5.41, 5.74) is 2.83. The number of anilines is 2. The van der Waals surface area contributed by atoms with Crippen molar-refractivity contribution in [1.29, 1.82) is 0 Å². The number of carbonyl (C=O) groups is 1. The number of benzene rings is 2. The molecule has 2 aromatic rings. The highest BCUT2D eigenvalue weighted by atomic mass is 32.2. The Bertz CT molecular complexity index is 895. The van der Waals surface area contributed by atoms with Crippen molar-refractivity contribution < 1.29 is 13.2 Å². The third-order valence-electron chi connectivity index (χ3n) is 4.89. The smallest absolute Gasteiger partial charge is 0.246 e. The van der Waals surface area contributed by atoms with Crippen molar-refractivity contribution in [2.24, 2.45) is 0 Å². The van der Waals surface area contributed by atoms with E-state index in [0.29, 0.717) is 12.3 Å². The molecule has 27 heavy (non-hydrogen) atoms. The van der Waals surface area contributed by atoms with Crippen LogP contribution < -0.4 is 10.2 Å². The molecule has 144 valence electrons. The molecule has 1 aliphatic heterocycles. The Hall–Kier alpha value is -2.34. The number of sulfone groups is 1. The molecule has 1 aliphatic rings. The van der Waals surface area contributed by atoms with Crippen molar-refractivity contribution in [3.05, 3.63) is 60.2 Å². The molecule has 0 aliphatic carbocycles. The van der Waals surface area contributed by atoms with Crippen LogP contribution >= 0.6 is 0 Å². The van der Waals surface area contributed by atoms with Gasteiger partial charge in [0, 0.05) is 11.4 Å². The highest BCUT2D eigenvalue weighted by Crippen LogP contribution is 2.26. The Balaban J connectivity index is 1.80. The van der Waals surface area contributed by atoms with Crippen LogP contribution in [0.5, 0.6) is 0 Å². The maximum absolute atomic E-state index is 13.1. The van der Waals surface area contributed by atoms with Gasteiger partial charge in [-0.25, -0.2) is 8.42 Å². The lowest BCUT2D eigenvalue weighted by molar-refractivity contribution is -0.117. The molecule has 0 unspecified atom stereocenters. The van der Waals surface area contributed by atoms with Gasteiger partial charge in [-0.2, -0.15) is 0 Å². The zero-order valence-electron chi connectivity index (χ0n) is 15.8. The van der Waals surface area contributed by atoms with Crippen LogP contribution in [-0.4, -0.2) is 38.4 Å². The number of hydrogen-bond acceptors (Lipinski definition) is 4. The molecule has 1 fully saturated rings. The molecule has 3 rings (SSSR count). The molecule has 5 nitrogen and oxygen atoms in total. The van der Waals surface area contributed by atoms with Crippen molar-refractivity contribution in [2.45, 2.75) is 32.2 Å². The first-order chi connectivity index (χ1) is 12.9. The average molecular weight is 387 g/mol. The standard InChI is InChI=1S/C21H26N2O3S/c1-16(2)19-10-6-7-11-20(19)22-14-21(24)23(17-8-4-3-5-9-17)18-12-13-27(25,26)15-18/h3-11,16,18,22H,12-15H2,1-2H3/t18-/m1/s1. The molecule has 1 heterocycles. The predicted octanol–water partition coefficient (Wildman–Crippen LogP) is 3.44. The monoisotopic (exact) mass is 386 g/mol. The Kier molecular flexibility index (Phi) is 5.85. The first-order valence-electron chi connectivity index (χ1n) is 9.28. The summed E-state index contributed by atoms with van der Waals surface area (Å²) >= 11 is 0. The van der Waals surface area contributed by atoms with Crippen LogP contribution in [0.3, 0.4) is 0 Å². The Morgan fingerprint density at radius 2 is 1.78 bits per heavy atom. The lowest BCUT2D eigenvalue weighted by atomic mass is 10.0. The normalized spacial score (nSPS) is 18.4. The van der Waals surface area contributed by atoms with Crippen molar-refractivity contribution >= 4 is 27.1 Å². The van der Waals surface area contributed by atoms with Gasteiger partial charge in [-0.05, 0) is 36.1 Å².